The smallest absolute Gasteiger partial charge is 0.255 e. The second-order valence-corrected chi connectivity index (χ2v) is 4.98. The van der Waals surface area contributed by atoms with Crippen molar-refractivity contribution in [2.45, 2.75) is 26.3 Å². The van der Waals surface area contributed by atoms with Crippen LogP contribution in [0.2, 0.25) is 0 Å². The molecule has 2 aromatic rings. The number of anilines is 1. The molecule has 0 aliphatic rings. The highest BCUT2D eigenvalue weighted by molar-refractivity contribution is 5.94. The van der Waals surface area contributed by atoms with E-state index in [4.69, 9.17) is 4.42 Å². The molecule has 0 aromatic carbocycles. The van der Waals surface area contributed by atoms with Crippen LogP contribution in [0.15, 0.2) is 41.3 Å². The summed E-state index contributed by atoms with van der Waals surface area (Å²) in [7, 11) is 1.82. The lowest BCUT2D eigenvalue weighted by atomic mass is 10.2. The van der Waals surface area contributed by atoms with Gasteiger partial charge in [-0.05, 0) is 24.6 Å². The average molecular weight is 287 g/mol. The largest absolute Gasteiger partial charge is 0.467 e. The molecule has 0 aliphatic heterocycles. The molecule has 21 heavy (non-hydrogen) atoms. The molecule has 1 amide bonds. The summed E-state index contributed by atoms with van der Waals surface area (Å²) < 4.78 is 5.26. The van der Waals surface area contributed by atoms with Crippen LogP contribution in [-0.2, 0) is 6.54 Å². The van der Waals surface area contributed by atoms with Crippen LogP contribution in [0.5, 0.6) is 0 Å². The summed E-state index contributed by atoms with van der Waals surface area (Å²) in [6.07, 6.45) is 7.01. The molecule has 0 bridgehead atoms. The Labute approximate surface area is 125 Å². The lowest BCUT2D eigenvalue weighted by Gasteiger charge is -2.17. The van der Waals surface area contributed by atoms with E-state index in [0.717, 1.165) is 30.8 Å². The second-order valence-electron chi connectivity index (χ2n) is 4.98. The quantitative estimate of drug-likeness (QED) is 0.850. The van der Waals surface area contributed by atoms with Gasteiger partial charge < -0.3 is 14.6 Å². The van der Waals surface area contributed by atoms with Gasteiger partial charge >= 0.3 is 0 Å². The lowest BCUT2D eigenvalue weighted by molar-refractivity contribution is 0.0793. The molecule has 0 saturated carbocycles. The number of hydrogen-bond acceptors (Lipinski definition) is 4. The van der Waals surface area contributed by atoms with Crippen molar-refractivity contribution in [2.24, 2.45) is 0 Å². The van der Waals surface area contributed by atoms with Crippen molar-refractivity contribution in [3.05, 3.63) is 48.2 Å². The van der Waals surface area contributed by atoms with E-state index >= 15 is 0 Å². The van der Waals surface area contributed by atoms with Gasteiger partial charge in [0.05, 0.1) is 24.1 Å². The van der Waals surface area contributed by atoms with Gasteiger partial charge in [0.1, 0.15) is 5.76 Å². The molecule has 1 N–H and O–H groups in total. The second kappa shape index (κ2) is 7.47. The van der Waals surface area contributed by atoms with Gasteiger partial charge in [-0.25, -0.2) is 0 Å². The van der Waals surface area contributed by atoms with E-state index in [-0.39, 0.29) is 5.91 Å². The number of amides is 1. The number of carbonyl (C=O) groups is 1. The minimum Gasteiger partial charge on any atom is -0.467 e. The molecule has 0 unspecified atom stereocenters. The van der Waals surface area contributed by atoms with Crippen LogP contribution in [0.25, 0.3) is 0 Å². The number of pyridine rings is 1. The van der Waals surface area contributed by atoms with Gasteiger partial charge in [0.2, 0.25) is 0 Å². The third-order valence-corrected chi connectivity index (χ3v) is 3.23. The molecule has 0 spiro atoms. The molecular formula is C16H21N3O2. The first-order valence-electron chi connectivity index (χ1n) is 7.17. The third-order valence-electron chi connectivity index (χ3n) is 3.23. The fourth-order valence-corrected chi connectivity index (χ4v) is 1.97. The summed E-state index contributed by atoms with van der Waals surface area (Å²) in [6, 6.07) is 5.56. The van der Waals surface area contributed by atoms with Crippen LogP contribution in [-0.4, -0.2) is 29.4 Å². The number of rotatable bonds is 7. The van der Waals surface area contributed by atoms with Gasteiger partial charge in [-0.1, -0.05) is 13.3 Å². The van der Waals surface area contributed by atoms with Crippen molar-refractivity contribution in [3.8, 4) is 0 Å². The van der Waals surface area contributed by atoms with E-state index in [1.54, 1.807) is 23.6 Å². The van der Waals surface area contributed by atoms with E-state index in [1.807, 2.05) is 25.2 Å². The summed E-state index contributed by atoms with van der Waals surface area (Å²) in [5, 5.41) is 3.20. The van der Waals surface area contributed by atoms with Crippen molar-refractivity contribution in [1.82, 2.24) is 9.88 Å². The first kappa shape index (κ1) is 15.1. The number of nitrogens with one attached hydrogen (secondary N) is 1. The zero-order valence-corrected chi connectivity index (χ0v) is 12.5. The Morgan fingerprint density at radius 3 is 3.00 bits per heavy atom. The molecule has 5 heteroatoms. The van der Waals surface area contributed by atoms with Crippen LogP contribution in [0, 0.1) is 0 Å². The van der Waals surface area contributed by atoms with Crippen molar-refractivity contribution >= 4 is 11.6 Å². The summed E-state index contributed by atoms with van der Waals surface area (Å²) >= 11 is 0. The third kappa shape index (κ3) is 4.34. The average Bonchev–Trinajstić information content (AvgIpc) is 3.03. The fourth-order valence-electron chi connectivity index (χ4n) is 1.97. The Bertz CT molecular complexity index is 567. The molecule has 2 rings (SSSR count). The van der Waals surface area contributed by atoms with Gasteiger partial charge in [0.25, 0.3) is 5.91 Å². The van der Waals surface area contributed by atoms with Crippen molar-refractivity contribution in [2.75, 3.05) is 18.9 Å². The molecule has 0 radical (unpaired) electrons. The Balaban J connectivity index is 1.98. The molecule has 0 aliphatic carbocycles. The topological polar surface area (TPSA) is 58.4 Å². The van der Waals surface area contributed by atoms with Gasteiger partial charge in [-0.2, -0.15) is 0 Å². The monoisotopic (exact) mass is 287 g/mol. The molecule has 2 aromatic heterocycles. The molecule has 0 fully saturated rings. The Kier molecular flexibility index (Phi) is 5.37. The number of hydrogen-bond donors (Lipinski definition) is 1. The minimum atomic E-state index is -0.00222. The molecule has 5 nitrogen and oxygen atoms in total. The standard InChI is InChI=1S/C16H21N3O2/c1-3-4-7-19(2)16(20)13-9-14(11-17-10-13)18-12-15-6-5-8-21-15/h5-6,8-11,18H,3-4,7,12H2,1-2H3. The van der Waals surface area contributed by atoms with Crippen LogP contribution < -0.4 is 5.32 Å². The Hall–Kier alpha value is -2.30. The molecule has 112 valence electrons. The maximum absolute atomic E-state index is 12.3. The predicted molar refractivity (Wildman–Crippen MR) is 82.1 cm³/mol. The SMILES string of the molecule is CCCCN(C)C(=O)c1cncc(NCc2ccco2)c1. The van der Waals surface area contributed by atoms with Gasteiger partial charge in [0, 0.05) is 26.0 Å². The van der Waals surface area contributed by atoms with E-state index < -0.39 is 0 Å². The van der Waals surface area contributed by atoms with Crippen LogP contribution in [0.3, 0.4) is 0 Å². The van der Waals surface area contributed by atoms with E-state index in [2.05, 4.69) is 17.2 Å². The zero-order valence-electron chi connectivity index (χ0n) is 12.5. The number of aromatic nitrogens is 1. The maximum atomic E-state index is 12.3. The van der Waals surface area contributed by atoms with Gasteiger partial charge in [-0.3, -0.25) is 9.78 Å². The summed E-state index contributed by atoms with van der Waals surface area (Å²) in [5.41, 5.74) is 1.40. The normalized spacial score (nSPS) is 10.4. The van der Waals surface area contributed by atoms with Gasteiger partial charge in [-0.15, -0.1) is 0 Å². The van der Waals surface area contributed by atoms with Crippen LogP contribution in [0.1, 0.15) is 35.9 Å². The predicted octanol–water partition coefficient (Wildman–Crippen LogP) is 3.16. The summed E-state index contributed by atoms with van der Waals surface area (Å²) in [5.74, 6) is 0.837. The number of carbonyl (C=O) groups excluding carboxylic acids is 1. The minimum absolute atomic E-state index is 0.00222. The highest BCUT2D eigenvalue weighted by atomic mass is 16.3. The summed E-state index contributed by atoms with van der Waals surface area (Å²) in [6.45, 7) is 3.44. The van der Waals surface area contributed by atoms with Crippen molar-refractivity contribution in [3.63, 3.8) is 0 Å². The highest BCUT2D eigenvalue weighted by Crippen LogP contribution is 2.12. The number of nitrogens with zero attached hydrogens (tertiary/aromatic N) is 2. The van der Waals surface area contributed by atoms with E-state index in [0.29, 0.717) is 12.1 Å². The molecule has 2 heterocycles. The van der Waals surface area contributed by atoms with E-state index in [9.17, 15) is 4.79 Å². The first-order valence-corrected chi connectivity index (χ1v) is 7.17. The zero-order chi connectivity index (χ0) is 15.1. The van der Waals surface area contributed by atoms with Crippen molar-refractivity contribution < 1.29 is 9.21 Å². The highest BCUT2D eigenvalue weighted by Gasteiger charge is 2.12. The number of unbranched alkanes of at least 4 members (excludes halogenated alkanes) is 1. The molecular weight excluding hydrogens is 266 g/mol. The molecule has 0 atom stereocenters. The first-order chi connectivity index (χ1) is 10.2. The Morgan fingerprint density at radius 2 is 2.29 bits per heavy atom. The van der Waals surface area contributed by atoms with E-state index in [1.165, 1.54) is 0 Å². The summed E-state index contributed by atoms with van der Waals surface area (Å²) in [4.78, 5) is 18.1. The van der Waals surface area contributed by atoms with Crippen LogP contribution in [0.4, 0.5) is 5.69 Å². The van der Waals surface area contributed by atoms with Crippen molar-refractivity contribution in [1.29, 1.82) is 0 Å². The fraction of sp³-hybridized carbons (Fsp3) is 0.375. The lowest BCUT2D eigenvalue weighted by Crippen LogP contribution is -2.27. The molecule has 0 saturated heterocycles. The van der Waals surface area contributed by atoms with Gasteiger partial charge in [0.15, 0.2) is 0 Å². The number of furan rings is 1. The van der Waals surface area contributed by atoms with Crippen LogP contribution >= 0.6 is 0 Å². The maximum Gasteiger partial charge on any atom is 0.255 e. The Morgan fingerprint density at radius 1 is 1.43 bits per heavy atom.